The summed E-state index contributed by atoms with van der Waals surface area (Å²) in [5, 5.41) is 11.6. The molecule has 0 saturated carbocycles. The minimum atomic E-state index is -4.46. The van der Waals surface area contributed by atoms with Gasteiger partial charge in [0.05, 0.1) is 5.56 Å². The van der Waals surface area contributed by atoms with Crippen LogP contribution in [0.5, 0.6) is 0 Å². The number of urea groups is 1. The van der Waals surface area contributed by atoms with Crippen molar-refractivity contribution in [1.29, 1.82) is 0 Å². The molecular weight excluding hydrogens is 501 g/mol. The molecule has 2 aromatic carbocycles. The molecule has 0 bridgehead atoms. The summed E-state index contributed by atoms with van der Waals surface area (Å²) >= 11 is 1.38. The molecule has 1 aliphatic rings. The Morgan fingerprint density at radius 1 is 1.14 bits per heavy atom. The lowest BCUT2D eigenvalue weighted by molar-refractivity contribution is -0.137. The SMILES string of the molecule is CC(CC(=O)c1ccc(-c2cccc(C(F)(F)F)c2)c2c1CN(C(=O)NC(C)(C)C)CC2)c1nncs1. The van der Waals surface area contributed by atoms with Gasteiger partial charge >= 0.3 is 12.2 Å². The molecule has 37 heavy (non-hydrogen) atoms. The fourth-order valence-corrected chi connectivity index (χ4v) is 5.13. The maximum atomic E-state index is 13.4. The predicted molar refractivity (Wildman–Crippen MR) is 137 cm³/mol. The molecule has 196 valence electrons. The van der Waals surface area contributed by atoms with Gasteiger partial charge in [-0.3, -0.25) is 4.79 Å². The minimum absolute atomic E-state index is 0.104. The molecule has 1 aliphatic heterocycles. The van der Waals surface area contributed by atoms with Gasteiger partial charge in [-0.25, -0.2) is 4.79 Å². The second-order valence-corrected chi connectivity index (χ2v) is 11.2. The van der Waals surface area contributed by atoms with Crippen molar-refractivity contribution in [2.45, 2.75) is 64.7 Å². The van der Waals surface area contributed by atoms with E-state index in [0.29, 0.717) is 35.2 Å². The number of benzene rings is 2. The van der Waals surface area contributed by atoms with E-state index >= 15 is 0 Å². The number of carbonyl (C=O) groups excluding carboxylic acids is 2. The van der Waals surface area contributed by atoms with Gasteiger partial charge in [-0.05, 0) is 61.6 Å². The fraction of sp³-hybridized carbons (Fsp3) is 0.407. The molecule has 0 spiro atoms. The summed E-state index contributed by atoms with van der Waals surface area (Å²) in [6, 6.07) is 8.36. The number of carbonyl (C=O) groups is 2. The van der Waals surface area contributed by atoms with E-state index in [0.717, 1.165) is 22.7 Å². The fourth-order valence-electron chi connectivity index (χ4n) is 4.52. The molecule has 0 aliphatic carbocycles. The Balaban J connectivity index is 1.74. The Kier molecular flexibility index (Phi) is 7.41. The lowest BCUT2D eigenvalue weighted by Gasteiger charge is -2.34. The zero-order chi connectivity index (χ0) is 27.0. The third kappa shape index (κ3) is 6.18. The number of hydrogen-bond donors (Lipinski definition) is 1. The van der Waals surface area contributed by atoms with Crippen LogP contribution in [0.2, 0.25) is 0 Å². The van der Waals surface area contributed by atoms with Crippen molar-refractivity contribution in [3.8, 4) is 11.1 Å². The Morgan fingerprint density at radius 2 is 1.89 bits per heavy atom. The Labute approximate surface area is 217 Å². The zero-order valence-electron chi connectivity index (χ0n) is 21.1. The molecule has 3 aromatic rings. The number of alkyl halides is 3. The van der Waals surface area contributed by atoms with Gasteiger partial charge in [0.2, 0.25) is 0 Å². The molecule has 2 heterocycles. The van der Waals surface area contributed by atoms with Crippen molar-refractivity contribution in [1.82, 2.24) is 20.4 Å². The van der Waals surface area contributed by atoms with Crippen LogP contribution in [-0.4, -0.2) is 39.0 Å². The van der Waals surface area contributed by atoms with Crippen LogP contribution in [0.25, 0.3) is 11.1 Å². The van der Waals surface area contributed by atoms with Crippen molar-refractivity contribution < 1.29 is 22.8 Å². The number of Topliss-reactive ketones (excluding diaryl/α,β-unsaturated/α-hetero) is 1. The Morgan fingerprint density at radius 3 is 2.54 bits per heavy atom. The second-order valence-electron chi connectivity index (χ2n) is 10.4. The van der Waals surface area contributed by atoms with E-state index in [1.807, 2.05) is 27.7 Å². The number of rotatable bonds is 5. The predicted octanol–water partition coefficient (Wildman–Crippen LogP) is 6.47. The molecule has 1 atom stereocenters. The largest absolute Gasteiger partial charge is 0.416 e. The van der Waals surface area contributed by atoms with Gasteiger partial charge in [-0.1, -0.05) is 31.2 Å². The minimum Gasteiger partial charge on any atom is -0.333 e. The average molecular weight is 531 g/mol. The molecule has 1 N–H and O–H groups in total. The van der Waals surface area contributed by atoms with E-state index in [9.17, 15) is 22.8 Å². The van der Waals surface area contributed by atoms with Gasteiger partial charge in [0, 0.05) is 36.5 Å². The second kappa shape index (κ2) is 10.2. The molecule has 2 amide bonds. The lowest BCUT2D eigenvalue weighted by Crippen LogP contribution is -2.50. The average Bonchev–Trinajstić information content (AvgIpc) is 3.36. The highest BCUT2D eigenvalue weighted by molar-refractivity contribution is 7.09. The summed E-state index contributed by atoms with van der Waals surface area (Å²) in [4.78, 5) is 28.0. The number of amides is 2. The summed E-state index contributed by atoms with van der Waals surface area (Å²) in [7, 11) is 0. The van der Waals surface area contributed by atoms with Crippen molar-refractivity contribution >= 4 is 23.2 Å². The number of ketones is 1. The van der Waals surface area contributed by atoms with Crippen LogP contribution in [0.3, 0.4) is 0 Å². The number of halogens is 3. The van der Waals surface area contributed by atoms with Crippen LogP contribution in [0.15, 0.2) is 41.9 Å². The topological polar surface area (TPSA) is 75.2 Å². The van der Waals surface area contributed by atoms with Crippen LogP contribution in [-0.2, 0) is 19.1 Å². The van der Waals surface area contributed by atoms with E-state index < -0.39 is 17.3 Å². The van der Waals surface area contributed by atoms with E-state index in [1.165, 1.54) is 17.4 Å². The molecule has 0 saturated heterocycles. The van der Waals surface area contributed by atoms with E-state index in [2.05, 4.69) is 15.5 Å². The van der Waals surface area contributed by atoms with Gasteiger partial charge in [0.25, 0.3) is 0 Å². The molecular formula is C27H29F3N4O2S. The molecule has 6 nitrogen and oxygen atoms in total. The standard InChI is InChI=1S/C27H29F3N4O2S/c1-16(24-33-31-15-37-24)12-23(35)21-9-8-19(17-6-5-7-18(13-17)27(28,29)30)20-10-11-34(14-22(20)21)25(36)32-26(2,3)4/h5-9,13,15-16H,10-12,14H2,1-4H3,(H,32,36). The monoisotopic (exact) mass is 530 g/mol. The molecule has 1 aromatic heterocycles. The van der Waals surface area contributed by atoms with Gasteiger partial charge < -0.3 is 10.2 Å². The number of fused-ring (bicyclic) bond motifs is 1. The smallest absolute Gasteiger partial charge is 0.333 e. The van der Waals surface area contributed by atoms with Crippen molar-refractivity contribution in [2.24, 2.45) is 0 Å². The lowest BCUT2D eigenvalue weighted by atomic mass is 9.85. The van der Waals surface area contributed by atoms with Crippen LogP contribution < -0.4 is 5.32 Å². The summed E-state index contributed by atoms with van der Waals surface area (Å²) in [6.07, 6.45) is -3.83. The van der Waals surface area contributed by atoms with Gasteiger partial charge in [-0.2, -0.15) is 13.2 Å². The molecule has 10 heteroatoms. The quantitative estimate of drug-likeness (QED) is 0.384. The number of nitrogens with one attached hydrogen (secondary N) is 1. The highest BCUT2D eigenvalue weighted by atomic mass is 32.1. The summed E-state index contributed by atoms with van der Waals surface area (Å²) in [5.41, 5.74) is 3.49. The molecule has 1 unspecified atom stereocenters. The number of aromatic nitrogens is 2. The normalized spacial score (nSPS) is 14.7. The molecule has 0 fully saturated rings. The first kappa shape index (κ1) is 26.8. The molecule has 4 rings (SSSR count). The van der Waals surface area contributed by atoms with E-state index in [-0.39, 0.29) is 30.7 Å². The van der Waals surface area contributed by atoms with E-state index in [4.69, 9.17) is 0 Å². The van der Waals surface area contributed by atoms with Crippen molar-refractivity contribution in [3.63, 3.8) is 0 Å². The van der Waals surface area contributed by atoms with Gasteiger partial charge in [-0.15, -0.1) is 21.5 Å². The zero-order valence-corrected chi connectivity index (χ0v) is 22.0. The highest BCUT2D eigenvalue weighted by Crippen LogP contribution is 2.37. The molecule has 0 radical (unpaired) electrons. The Bertz CT molecular complexity index is 1300. The summed E-state index contributed by atoms with van der Waals surface area (Å²) in [5.74, 6) is -0.240. The third-order valence-corrected chi connectivity index (χ3v) is 7.20. The maximum Gasteiger partial charge on any atom is 0.416 e. The van der Waals surface area contributed by atoms with Gasteiger partial charge in [0.15, 0.2) is 5.78 Å². The van der Waals surface area contributed by atoms with Crippen LogP contribution in [0, 0.1) is 0 Å². The van der Waals surface area contributed by atoms with Crippen LogP contribution in [0.1, 0.15) is 72.1 Å². The summed E-state index contributed by atoms with van der Waals surface area (Å²) in [6.45, 7) is 8.15. The van der Waals surface area contributed by atoms with E-state index in [1.54, 1.807) is 28.6 Å². The van der Waals surface area contributed by atoms with Gasteiger partial charge in [0.1, 0.15) is 10.5 Å². The third-order valence-electron chi connectivity index (χ3n) is 6.27. The maximum absolute atomic E-state index is 13.4. The first-order valence-corrected chi connectivity index (χ1v) is 12.9. The van der Waals surface area contributed by atoms with Crippen molar-refractivity contribution in [2.75, 3.05) is 6.54 Å². The Hall–Kier alpha value is -3.27. The van der Waals surface area contributed by atoms with Crippen molar-refractivity contribution in [3.05, 3.63) is 69.2 Å². The highest BCUT2D eigenvalue weighted by Gasteiger charge is 2.32. The first-order valence-electron chi connectivity index (χ1n) is 12.0. The van der Waals surface area contributed by atoms with Crippen LogP contribution >= 0.6 is 11.3 Å². The number of hydrogen-bond acceptors (Lipinski definition) is 5. The summed E-state index contributed by atoms with van der Waals surface area (Å²) < 4.78 is 40.2. The first-order chi connectivity index (χ1) is 17.3. The number of nitrogens with zero attached hydrogens (tertiary/aromatic N) is 3. The van der Waals surface area contributed by atoms with Crippen LogP contribution in [0.4, 0.5) is 18.0 Å².